The van der Waals surface area contributed by atoms with Crippen LogP contribution in [0, 0.1) is 11.8 Å². The Morgan fingerprint density at radius 1 is 1.09 bits per heavy atom. The van der Waals surface area contributed by atoms with Crippen LogP contribution in [0.3, 0.4) is 0 Å². The third kappa shape index (κ3) is 3.98. The van der Waals surface area contributed by atoms with E-state index in [1.807, 2.05) is 48.5 Å². The molecule has 4 nitrogen and oxygen atoms in total. The summed E-state index contributed by atoms with van der Waals surface area (Å²) in [5.41, 5.74) is 4.39. The molecule has 2 N–H and O–H groups in total. The van der Waals surface area contributed by atoms with Gasteiger partial charge in [0.2, 0.25) is 0 Å². The molecule has 1 amide bonds. The van der Waals surface area contributed by atoms with Crippen LogP contribution in [0.4, 0.5) is 0 Å². The van der Waals surface area contributed by atoms with Crippen molar-refractivity contribution in [3.05, 3.63) is 99.6 Å². The van der Waals surface area contributed by atoms with Crippen LogP contribution in [0.2, 0.25) is 5.02 Å². The van der Waals surface area contributed by atoms with Gasteiger partial charge in [-0.05, 0) is 54.3 Å². The highest BCUT2D eigenvalue weighted by molar-refractivity contribution is 6.30. The Hall–Kier alpha value is -3.26. The van der Waals surface area contributed by atoms with Crippen LogP contribution in [0.25, 0.3) is 0 Å². The highest BCUT2D eigenvalue weighted by atomic mass is 35.5. The molecule has 1 fully saturated rings. The molecular formula is C27H23ClN2O2. The number of amides is 1. The molecule has 3 aromatic rings. The van der Waals surface area contributed by atoms with Gasteiger partial charge in [0, 0.05) is 40.8 Å². The topological polar surface area (TPSA) is 52.6 Å². The van der Waals surface area contributed by atoms with Gasteiger partial charge in [-0.1, -0.05) is 59.8 Å². The van der Waals surface area contributed by atoms with E-state index < -0.39 is 0 Å². The van der Waals surface area contributed by atoms with Crippen molar-refractivity contribution in [1.82, 2.24) is 10.2 Å². The molecule has 0 aliphatic carbocycles. The van der Waals surface area contributed by atoms with Gasteiger partial charge in [0.15, 0.2) is 0 Å². The number of hydrogen-bond acceptors (Lipinski definition) is 3. The summed E-state index contributed by atoms with van der Waals surface area (Å²) in [6, 6.07) is 20.7. The quantitative estimate of drug-likeness (QED) is 0.545. The van der Waals surface area contributed by atoms with Crippen molar-refractivity contribution >= 4 is 17.5 Å². The first-order valence-electron chi connectivity index (χ1n) is 10.8. The summed E-state index contributed by atoms with van der Waals surface area (Å²) in [7, 11) is 0. The lowest BCUT2D eigenvalue weighted by molar-refractivity contribution is 0.0951. The van der Waals surface area contributed by atoms with Gasteiger partial charge in [-0.15, -0.1) is 0 Å². The zero-order valence-corrected chi connectivity index (χ0v) is 18.3. The average molecular weight is 443 g/mol. The monoisotopic (exact) mass is 442 g/mol. The largest absolute Gasteiger partial charge is 0.508 e. The highest BCUT2D eigenvalue weighted by Crippen LogP contribution is 2.43. The van der Waals surface area contributed by atoms with Gasteiger partial charge in [-0.3, -0.25) is 9.69 Å². The summed E-state index contributed by atoms with van der Waals surface area (Å²) in [5, 5.41) is 14.0. The molecule has 2 aliphatic rings. The maximum Gasteiger partial charge on any atom is 0.251 e. The molecule has 0 saturated carbocycles. The maximum atomic E-state index is 12.8. The number of fused-ring (bicyclic) bond motifs is 3. The first-order valence-corrected chi connectivity index (χ1v) is 11.2. The van der Waals surface area contributed by atoms with E-state index in [0.29, 0.717) is 17.1 Å². The first kappa shape index (κ1) is 20.6. The molecular weight excluding hydrogens is 420 g/mol. The van der Waals surface area contributed by atoms with E-state index in [4.69, 9.17) is 11.6 Å². The Morgan fingerprint density at radius 3 is 2.78 bits per heavy atom. The van der Waals surface area contributed by atoms with Crippen LogP contribution in [0.1, 0.15) is 57.5 Å². The molecule has 2 heterocycles. The van der Waals surface area contributed by atoms with Crippen molar-refractivity contribution in [2.45, 2.75) is 31.5 Å². The molecule has 5 heteroatoms. The van der Waals surface area contributed by atoms with Crippen molar-refractivity contribution in [2.75, 3.05) is 6.54 Å². The Labute approximate surface area is 192 Å². The molecule has 1 saturated heterocycles. The fourth-order valence-corrected chi connectivity index (χ4v) is 4.82. The number of phenols is 1. The van der Waals surface area contributed by atoms with Crippen molar-refractivity contribution in [3.63, 3.8) is 0 Å². The number of rotatable bonds is 4. The summed E-state index contributed by atoms with van der Waals surface area (Å²) >= 11 is 6.22. The smallest absolute Gasteiger partial charge is 0.251 e. The van der Waals surface area contributed by atoms with E-state index in [0.717, 1.165) is 41.6 Å². The Balaban J connectivity index is 1.45. The van der Waals surface area contributed by atoms with Crippen LogP contribution < -0.4 is 5.32 Å². The van der Waals surface area contributed by atoms with Gasteiger partial charge in [-0.2, -0.15) is 0 Å². The zero-order chi connectivity index (χ0) is 22.1. The Kier molecular flexibility index (Phi) is 5.61. The number of aromatic hydroxyl groups is 1. The number of hydrogen-bond donors (Lipinski definition) is 2. The van der Waals surface area contributed by atoms with E-state index in [1.54, 1.807) is 18.2 Å². The number of carbonyl (C=O) groups is 1. The lowest BCUT2D eigenvalue weighted by Gasteiger charge is -2.30. The predicted molar refractivity (Wildman–Crippen MR) is 125 cm³/mol. The van der Waals surface area contributed by atoms with Crippen LogP contribution in [0.15, 0.2) is 66.7 Å². The van der Waals surface area contributed by atoms with Crippen LogP contribution in [-0.4, -0.2) is 22.5 Å². The third-order valence-electron chi connectivity index (χ3n) is 6.22. The minimum absolute atomic E-state index is 0.116. The van der Waals surface area contributed by atoms with Crippen molar-refractivity contribution in [3.8, 4) is 17.6 Å². The second-order valence-corrected chi connectivity index (χ2v) is 8.68. The third-order valence-corrected chi connectivity index (χ3v) is 6.46. The minimum Gasteiger partial charge on any atom is -0.508 e. The van der Waals surface area contributed by atoms with Gasteiger partial charge in [0.1, 0.15) is 11.8 Å². The Bertz CT molecular complexity index is 1230. The molecule has 3 aromatic carbocycles. The number of carbonyl (C=O) groups excluding carboxylic acids is 1. The molecule has 0 bridgehead atoms. The van der Waals surface area contributed by atoms with Crippen molar-refractivity contribution in [1.29, 1.82) is 0 Å². The summed E-state index contributed by atoms with van der Waals surface area (Å²) < 4.78 is 0. The second kappa shape index (κ2) is 8.70. The normalized spacial score (nSPS) is 19.3. The van der Waals surface area contributed by atoms with Crippen LogP contribution in [0.5, 0.6) is 5.75 Å². The SMILES string of the molecule is O=C(NCc1ccccc1)c1ccc2c(c1)C#CC(c1cc(Cl)ccc1O)N1CCCC21. The number of halogens is 1. The molecule has 0 radical (unpaired) electrons. The number of phenolic OH excluding ortho intramolecular Hbond substituents is 1. The van der Waals surface area contributed by atoms with Gasteiger partial charge in [0.05, 0.1) is 0 Å². The summed E-state index contributed by atoms with van der Waals surface area (Å²) in [6.45, 7) is 1.38. The zero-order valence-electron chi connectivity index (χ0n) is 17.5. The lowest BCUT2D eigenvalue weighted by atomic mass is 9.96. The number of nitrogens with one attached hydrogen (secondary N) is 1. The van der Waals surface area contributed by atoms with Gasteiger partial charge in [-0.25, -0.2) is 0 Å². The van der Waals surface area contributed by atoms with E-state index in [2.05, 4.69) is 22.1 Å². The first-order chi connectivity index (χ1) is 15.6. The van der Waals surface area contributed by atoms with E-state index in [1.165, 1.54) is 0 Å². The Morgan fingerprint density at radius 2 is 1.94 bits per heavy atom. The summed E-state index contributed by atoms with van der Waals surface area (Å²) in [5.74, 6) is 6.72. The van der Waals surface area contributed by atoms with E-state index in [9.17, 15) is 9.90 Å². The highest BCUT2D eigenvalue weighted by Gasteiger charge is 2.35. The number of benzene rings is 3. The summed E-state index contributed by atoms with van der Waals surface area (Å²) in [6.07, 6.45) is 2.07. The standard InChI is InChI=1S/C27H23ClN2O2/c28-21-10-13-26(31)23(16-21)25-12-9-19-15-20(8-11-22(19)24-7-4-14-30(24)25)27(32)29-17-18-5-2-1-3-6-18/h1-3,5-6,8,10-11,13,15-16,24-25,31H,4,7,14,17H2,(H,29,32). The average Bonchev–Trinajstić information content (AvgIpc) is 3.24. The summed E-state index contributed by atoms with van der Waals surface area (Å²) in [4.78, 5) is 15.1. The van der Waals surface area contributed by atoms with Gasteiger partial charge < -0.3 is 10.4 Å². The van der Waals surface area contributed by atoms with Gasteiger partial charge >= 0.3 is 0 Å². The molecule has 160 valence electrons. The van der Waals surface area contributed by atoms with Gasteiger partial charge in [0.25, 0.3) is 5.91 Å². The second-order valence-electron chi connectivity index (χ2n) is 8.24. The fraction of sp³-hybridized carbons (Fsp3) is 0.222. The van der Waals surface area contributed by atoms with Crippen LogP contribution >= 0.6 is 11.6 Å². The molecule has 0 aromatic heterocycles. The van der Waals surface area contributed by atoms with E-state index >= 15 is 0 Å². The van der Waals surface area contributed by atoms with Crippen molar-refractivity contribution in [2.24, 2.45) is 0 Å². The molecule has 2 atom stereocenters. The molecule has 2 unspecified atom stereocenters. The predicted octanol–water partition coefficient (Wildman–Crippen LogP) is 5.22. The molecule has 5 rings (SSSR count). The van der Waals surface area contributed by atoms with Crippen LogP contribution in [-0.2, 0) is 6.54 Å². The molecule has 0 spiro atoms. The number of nitrogens with zero attached hydrogens (tertiary/aromatic N) is 1. The molecule has 2 aliphatic heterocycles. The van der Waals surface area contributed by atoms with E-state index in [-0.39, 0.29) is 23.7 Å². The maximum absolute atomic E-state index is 12.8. The lowest BCUT2D eigenvalue weighted by Crippen LogP contribution is -2.27. The minimum atomic E-state index is -0.246. The molecule has 32 heavy (non-hydrogen) atoms. The fourth-order valence-electron chi connectivity index (χ4n) is 4.64. The van der Waals surface area contributed by atoms with Crippen molar-refractivity contribution < 1.29 is 9.90 Å².